The molecule has 0 amide bonds. The van der Waals surface area contributed by atoms with E-state index in [0.29, 0.717) is 5.56 Å². The van der Waals surface area contributed by atoms with Crippen LogP contribution in [0.25, 0.3) is 11.1 Å². The first-order valence-corrected chi connectivity index (χ1v) is 11.0. The van der Waals surface area contributed by atoms with Gasteiger partial charge in [-0.15, -0.1) is 0 Å². The van der Waals surface area contributed by atoms with E-state index >= 15 is 0 Å². The summed E-state index contributed by atoms with van der Waals surface area (Å²) in [6, 6.07) is 16.9. The van der Waals surface area contributed by atoms with Crippen LogP contribution in [0.4, 0.5) is 0 Å². The molecule has 0 fully saturated rings. The number of halogens is 3. The van der Waals surface area contributed by atoms with Gasteiger partial charge >= 0.3 is 5.97 Å². The second-order valence-corrected chi connectivity index (χ2v) is 9.27. The van der Waals surface area contributed by atoms with Crippen molar-refractivity contribution in [3.8, 4) is 16.9 Å². The number of phenols is 1. The fourth-order valence-corrected chi connectivity index (χ4v) is 5.48. The van der Waals surface area contributed by atoms with Crippen molar-refractivity contribution in [1.29, 1.82) is 0 Å². The van der Waals surface area contributed by atoms with E-state index in [9.17, 15) is 9.90 Å². The van der Waals surface area contributed by atoms with Gasteiger partial charge in [0.25, 0.3) is 0 Å². The number of hydrogen-bond donors (Lipinski definition) is 1. The average Bonchev–Trinajstić information content (AvgIpc) is 2.92. The van der Waals surface area contributed by atoms with E-state index < -0.39 is 6.10 Å². The van der Waals surface area contributed by atoms with Crippen LogP contribution < -0.4 is 0 Å². The predicted molar refractivity (Wildman–Crippen MR) is 125 cm³/mol. The molecule has 1 N–H and O–H groups in total. The Kier molecular flexibility index (Phi) is 5.17. The topological polar surface area (TPSA) is 46.5 Å². The number of aromatic hydroxyl groups is 1. The van der Waals surface area contributed by atoms with Crippen LogP contribution in [0.3, 0.4) is 0 Å². The molecule has 1 aliphatic rings. The van der Waals surface area contributed by atoms with E-state index in [4.69, 9.17) is 4.74 Å². The predicted octanol–water partition coefficient (Wildman–Crippen LogP) is 6.13. The fourth-order valence-electron chi connectivity index (χ4n) is 3.15. The molecule has 0 spiro atoms. The SMILES string of the molecule is O=C(OC1c2ccccc2-c2cc(O)ccc21)c1c(I)ccc(I)c1I. The van der Waals surface area contributed by atoms with Gasteiger partial charge < -0.3 is 9.84 Å². The summed E-state index contributed by atoms with van der Waals surface area (Å²) >= 11 is 6.58. The highest BCUT2D eigenvalue weighted by molar-refractivity contribution is 14.1. The summed E-state index contributed by atoms with van der Waals surface area (Å²) in [5, 5.41) is 9.86. The van der Waals surface area contributed by atoms with Crippen LogP contribution in [-0.2, 0) is 4.74 Å². The van der Waals surface area contributed by atoms with Crippen molar-refractivity contribution in [3.63, 3.8) is 0 Å². The van der Waals surface area contributed by atoms with E-state index in [1.54, 1.807) is 12.1 Å². The number of fused-ring (bicyclic) bond motifs is 3. The Bertz CT molecular complexity index is 1050. The van der Waals surface area contributed by atoms with E-state index in [1.165, 1.54) is 0 Å². The molecule has 0 radical (unpaired) electrons. The van der Waals surface area contributed by atoms with Crippen LogP contribution in [0.5, 0.6) is 5.75 Å². The van der Waals surface area contributed by atoms with Crippen molar-refractivity contribution in [2.45, 2.75) is 6.10 Å². The van der Waals surface area contributed by atoms with Gasteiger partial charge in [0.15, 0.2) is 6.10 Å². The maximum Gasteiger partial charge on any atom is 0.341 e. The van der Waals surface area contributed by atoms with Gasteiger partial charge in [0.2, 0.25) is 0 Å². The molecular formula is C20H11I3O3. The van der Waals surface area contributed by atoms with Crippen molar-refractivity contribution in [1.82, 2.24) is 0 Å². The first-order chi connectivity index (χ1) is 12.5. The highest BCUT2D eigenvalue weighted by Crippen LogP contribution is 2.46. The maximum atomic E-state index is 13.0. The van der Waals surface area contributed by atoms with Gasteiger partial charge in [-0.25, -0.2) is 4.79 Å². The number of hydrogen-bond acceptors (Lipinski definition) is 3. The maximum absolute atomic E-state index is 13.0. The Morgan fingerprint density at radius 2 is 1.58 bits per heavy atom. The number of carbonyl (C=O) groups excluding carboxylic acids is 1. The van der Waals surface area contributed by atoms with Crippen molar-refractivity contribution < 1.29 is 14.6 Å². The standard InChI is InChI=1S/C20H11I3O3/c21-15-7-8-16(22)18(23)17(15)20(25)26-19-12-4-2-1-3-11(12)14-9-10(24)5-6-13(14)19/h1-9,19,24H. The van der Waals surface area contributed by atoms with Crippen LogP contribution in [0.15, 0.2) is 54.6 Å². The molecule has 3 aromatic rings. The molecule has 0 saturated carbocycles. The third kappa shape index (κ3) is 3.13. The molecule has 3 nitrogen and oxygen atoms in total. The second kappa shape index (κ2) is 7.27. The van der Waals surface area contributed by atoms with Gasteiger partial charge in [-0.1, -0.05) is 30.3 Å². The van der Waals surface area contributed by atoms with E-state index in [2.05, 4.69) is 67.8 Å². The molecule has 0 heterocycles. The van der Waals surface area contributed by atoms with Gasteiger partial charge in [0.05, 0.1) is 5.56 Å². The van der Waals surface area contributed by atoms with E-state index in [1.807, 2.05) is 42.5 Å². The minimum atomic E-state index is -0.473. The third-order valence-corrected chi connectivity index (χ3v) is 8.28. The Hall–Kier alpha value is -0.880. The number of ether oxygens (including phenoxy) is 1. The van der Waals surface area contributed by atoms with Crippen LogP contribution in [0, 0.1) is 10.7 Å². The molecule has 4 rings (SSSR count). The average molecular weight is 680 g/mol. The zero-order chi connectivity index (χ0) is 18.4. The first kappa shape index (κ1) is 18.5. The molecule has 1 aliphatic carbocycles. The molecule has 1 unspecified atom stereocenters. The molecule has 0 bridgehead atoms. The smallest absolute Gasteiger partial charge is 0.341 e. The molecule has 1 atom stereocenters. The normalized spacial score (nSPS) is 14.7. The highest BCUT2D eigenvalue weighted by Gasteiger charge is 2.32. The minimum absolute atomic E-state index is 0.201. The Morgan fingerprint density at radius 1 is 0.885 bits per heavy atom. The van der Waals surface area contributed by atoms with Gasteiger partial charge in [-0.2, -0.15) is 0 Å². The molecule has 130 valence electrons. The number of esters is 1. The molecule has 6 heteroatoms. The lowest BCUT2D eigenvalue weighted by molar-refractivity contribution is 0.0383. The molecule has 0 saturated heterocycles. The summed E-state index contributed by atoms with van der Waals surface area (Å²) < 4.78 is 8.76. The van der Waals surface area contributed by atoms with Gasteiger partial charge in [-0.05, 0) is 103 Å². The minimum Gasteiger partial charge on any atom is -0.508 e. The Labute approximate surface area is 191 Å². The lowest BCUT2D eigenvalue weighted by Crippen LogP contribution is -2.14. The highest BCUT2D eigenvalue weighted by atomic mass is 127. The zero-order valence-corrected chi connectivity index (χ0v) is 19.6. The number of rotatable bonds is 2. The van der Waals surface area contributed by atoms with Gasteiger partial charge in [0, 0.05) is 21.8 Å². The van der Waals surface area contributed by atoms with E-state index in [0.717, 1.165) is 33.0 Å². The molecule has 26 heavy (non-hydrogen) atoms. The lowest BCUT2D eigenvalue weighted by Gasteiger charge is -2.17. The second-order valence-electron chi connectivity index (χ2n) is 5.86. The van der Waals surface area contributed by atoms with E-state index in [-0.39, 0.29) is 11.7 Å². The summed E-state index contributed by atoms with van der Waals surface area (Å²) in [6.45, 7) is 0. The summed E-state index contributed by atoms with van der Waals surface area (Å²) in [5.74, 6) is -0.134. The van der Waals surface area contributed by atoms with Crippen LogP contribution >= 0.6 is 67.8 Å². The molecular weight excluding hydrogens is 669 g/mol. The van der Waals surface area contributed by atoms with Crippen LogP contribution in [0.1, 0.15) is 27.6 Å². The van der Waals surface area contributed by atoms with Gasteiger partial charge in [-0.3, -0.25) is 0 Å². The van der Waals surface area contributed by atoms with Crippen molar-refractivity contribution in [2.24, 2.45) is 0 Å². The molecule has 0 aliphatic heterocycles. The van der Waals surface area contributed by atoms with Crippen LogP contribution in [0.2, 0.25) is 0 Å². The Balaban J connectivity index is 1.78. The molecule has 3 aromatic carbocycles. The van der Waals surface area contributed by atoms with Crippen molar-refractivity contribution in [3.05, 3.63) is 82.0 Å². The number of benzene rings is 3. The third-order valence-electron chi connectivity index (χ3n) is 4.33. The first-order valence-electron chi connectivity index (χ1n) is 7.74. The Morgan fingerprint density at radius 3 is 2.38 bits per heavy atom. The largest absolute Gasteiger partial charge is 0.508 e. The fraction of sp³-hybridized carbons (Fsp3) is 0.0500. The van der Waals surface area contributed by atoms with Crippen molar-refractivity contribution >= 4 is 73.7 Å². The number of carbonyl (C=O) groups is 1. The zero-order valence-electron chi connectivity index (χ0n) is 13.2. The van der Waals surface area contributed by atoms with Crippen molar-refractivity contribution in [2.75, 3.05) is 0 Å². The lowest BCUT2D eigenvalue weighted by atomic mass is 10.1. The quantitative estimate of drug-likeness (QED) is 0.202. The van der Waals surface area contributed by atoms with Crippen LogP contribution in [-0.4, -0.2) is 11.1 Å². The summed E-state index contributed by atoms with van der Waals surface area (Å²) in [5.41, 5.74) is 4.33. The summed E-state index contributed by atoms with van der Waals surface area (Å²) in [7, 11) is 0. The van der Waals surface area contributed by atoms with Gasteiger partial charge in [0.1, 0.15) is 5.75 Å². The number of phenolic OH excluding ortho intramolecular Hbond substituents is 1. The molecule has 0 aromatic heterocycles. The summed E-state index contributed by atoms with van der Waals surface area (Å²) in [4.78, 5) is 13.0. The summed E-state index contributed by atoms with van der Waals surface area (Å²) in [6.07, 6.45) is -0.473. The monoisotopic (exact) mass is 680 g/mol.